The predicted molar refractivity (Wildman–Crippen MR) is 153 cm³/mol. The Morgan fingerprint density at radius 1 is 0.850 bits per heavy atom. The van der Waals surface area contributed by atoms with Crippen LogP contribution in [0.1, 0.15) is 28.6 Å². The third kappa shape index (κ3) is 6.92. The van der Waals surface area contributed by atoms with Crippen molar-refractivity contribution in [2.45, 2.75) is 30.3 Å². The van der Waals surface area contributed by atoms with Crippen molar-refractivity contribution in [1.29, 1.82) is 0 Å². The average Bonchev–Trinajstić information content (AvgIpc) is 3.37. The molecular formula is C31H27F2N5OS. The van der Waals surface area contributed by atoms with Gasteiger partial charge in [-0.05, 0) is 60.5 Å². The van der Waals surface area contributed by atoms with Crippen LogP contribution in [0.25, 0.3) is 5.69 Å². The first kappa shape index (κ1) is 27.1. The van der Waals surface area contributed by atoms with Crippen LogP contribution in [0.5, 0.6) is 0 Å². The lowest BCUT2D eigenvalue weighted by atomic mass is 10.1. The summed E-state index contributed by atoms with van der Waals surface area (Å²) < 4.78 is 29.0. The second kappa shape index (κ2) is 12.6. The average molecular weight is 556 g/mol. The number of benzene rings is 4. The summed E-state index contributed by atoms with van der Waals surface area (Å²) in [5.41, 5.74) is 4.23. The van der Waals surface area contributed by atoms with Crippen LogP contribution < -0.4 is 10.6 Å². The van der Waals surface area contributed by atoms with E-state index in [1.807, 2.05) is 66.1 Å². The lowest BCUT2D eigenvalue weighted by molar-refractivity contribution is 0.247. The normalized spacial score (nSPS) is 11.7. The van der Waals surface area contributed by atoms with Gasteiger partial charge in [0.1, 0.15) is 11.6 Å². The molecule has 0 bridgehead atoms. The summed E-state index contributed by atoms with van der Waals surface area (Å²) in [7, 11) is 0. The summed E-state index contributed by atoms with van der Waals surface area (Å²) in [6.45, 7) is 2.01. The van der Waals surface area contributed by atoms with Crippen LogP contribution in [0.2, 0.25) is 0 Å². The minimum absolute atomic E-state index is 0.287. The van der Waals surface area contributed by atoms with Crippen LogP contribution in [0.3, 0.4) is 0 Å². The fraction of sp³-hybridized carbons (Fsp3) is 0.129. The van der Waals surface area contributed by atoms with E-state index < -0.39 is 17.9 Å². The molecule has 0 aliphatic heterocycles. The summed E-state index contributed by atoms with van der Waals surface area (Å²) in [5.74, 6) is 0.371. The first-order chi connectivity index (χ1) is 19.4. The molecule has 0 spiro atoms. The second-order valence-electron chi connectivity index (χ2n) is 9.28. The standard InChI is InChI=1S/C31H27F2N5OS/c1-21-10-16-27(17-11-21)38-29(36-37-31(38)40-20-23-12-14-24(32)15-13-23)28(18-22-6-3-2-4-7-22)35-30(39)34-26-9-5-8-25(33)19-26/h2-17,19,28H,18,20H2,1H3,(H2,34,35,39). The van der Waals surface area contributed by atoms with Gasteiger partial charge in [-0.25, -0.2) is 13.6 Å². The molecule has 0 radical (unpaired) electrons. The molecule has 2 amide bonds. The first-order valence-corrected chi connectivity index (χ1v) is 13.7. The van der Waals surface area contributed by atoms with Gasteiger partial charge in [0.05, 0.1) is 6.04 Å². The van der Waals surface area contributed by atoms with E-state index in [0.717, 1.165) is 22.4 Å². The topological polar surface area (TPSA) is 71.8 Å². The summed E-state index contributed by atoms with van der Waals surface area (Å²) >= 11 is 1.47. The summed E-state index contributed by atoms with van der Waals surface area (Å²) in [4.78, 5) is 13.1. The fourth-order valence-corrected chi connectivity index (χ4v) is 5.13. The Kier molecular flexibility index (Phi) is 8.51. The van der Waals surface area contributed by atoms with Gasteiger partial charge in [-0.1, -0.05) is 78.0 Å². The van der Waals surface area contributed by atoms with E-state index in [4.69, 9.17) is 0 Å². The summed E-state index contributed by atoms with van der Waals surface area (Å²) in [5, 5.41) is 15.4. The van der Waals surface area contributed by atoms with Crippen LogP contribution in [-0.4, -0.2) is 20.8 Å². The van der Waals surface area contributed by atoms with E-state index >= 15 is 0 Å². The SMILES string of the molecule is Cc1ccc(-n2c(SCc3ccc(F)cc3)nnc2C(Cc2ccccc2)NC(=O)Nc2cccc(F)c2)cc1. The number of carbonyl (C=O) groups is 1. The van der Waals surface area contributed by atoms with Crippen molar-refractivity contribution in [3.63, 3.8) is 0 Å². The maximum Gasteiger partial charge on any atom is 0.319 e. The predicted octanol–water partition coefficient (Wildman–Crippen LogP) is 7.25. The van der Waals surface area contributed by atoms with E-state index in [9.17, 15) is 13.6 Å². The number of hydrogen-bond acceptors (Lipinski definition) is 4. The largest absolute Gasteiger partial charge is 0.327 e. The van der Waals surface area contributed by atoms with E-state index in [2.05, 4.69) is 20.8 Å². The number of urea groups is 1. The van der Waals surface area contributed by atoms with E-state index in [1.54, 1.807) is 18.2 Å². The Labute approximate surface area is 235 Å². The number of rotatable bonds is 9. The molecule has 0 aliphatic carbocycles. The highest BCUT2D eigenvalue weighted by molar-refractivity contribution is 7.98. The molecular weight excluding hydrogens is 528 g/mol. The van der Waals surface area contributed by atoms with Crippen LogP contribution in [0, 0.1) is 18.6 Å². The van der Waals surface area contributed by atoms with Gasteiger partial charge < -0.3 is 10.6 Å². The number of anilines is 1. The smallest absolute Gasteiger partial charge is 0.319 e. The minimum Gasteiger partial charge on any atom is -0.327 e. The van der Waals surface area contributed by atoms with Crippen molar-refractivity contribution in [2.75, 3.05) is 5.32 Å². The molecule has 5 rings (SSSR count). The zero-order valence-electron chi connectivity index (χ0n) is 21.7. The molecule has 4 aromatic carbocycles. The molecule has 1 aromatic heterocycles. The van der Waals surface area contributed by atoms with Gasteiger partial charge in [0.2, 0.25) is 0 Å². The van der Waals surface area contributed by atoms with Crippen molar-refractivity contribution in [3.05, 3.63) is 137 Å². The van der Waals surface area contributed by atoms with Crippen LogP contribution in [0.15, 0.2) is 108 Å². The monoisotopic (exact) mass is 555 g/mol. The molecule has 0 saturated heterocycles. The molecule has 0 saturated carbocycles. The highest BCUT2D eigenvalue weighted by Gasteiger charge is 2.25. The zero-order valence-corrected chi connectivity index (χ0v) is 22.5. The molecule has 9 heteroatoms. The maximum absolute atomic E-state index is 13.7. The van der Waals surface area contributed by atoms with Crippen molar-refractivity contribution in [2.24, 2.45) is 0 Å². The van der Waals surface area contributed by atoms with Crippen molar-refractivity contribution in [3.8, 4) is 5.69 Å². The van der Waals surface area contributed by atoms with Gasteiger partial charge in [-0.3, -0.25) is 4.57 Å². The number of amides is 2. The number of nitrogens with one attached hydrogen (secondary N) is 2. The molecule has 0 aliphatic rings. The Morgan fingerprint density at radius 3 is 2.33 bits per heavy atom. The number of aryl methyl sites for hydroxylation is 1. The molecule has 1 heterocycles. The van der Waals surface area contributed by atoms with Crippen LogP contribution >= 0.6 is 11.8 Å². The van der Waals surface area contributed by atoms with Crippen molar-refractivity contribution < 1.29 is 13.6 Å². The van der Waals surface area contributed by atoms with E-state index in [1.165, 1.54) is 42.1 Å². The Bertz CT molecular complexity index is 1570. The number of halogens is 2. The van der Waals surface area contributed by atoms with Gasteiger partial charge in [0, 0.05) is 23.5 Å². The molecule has 1 atom stereocenters. The quantitative estimate of drug-likeness (QED) is 0.188. The van der Waals surface area contributed by atoms with Crippen molar-refractivity contribution in [1.82, 2.24) is 20.1 Å². The number of aromatic nitrogens is 3. The van der Waals surface area contributed by atoms with Gasteiger partial charge in [0.25, 0.3) is 0 Å². The highest BCUT2D eigenvalue weighted by atomic mass is 32.2. The number of thioether (sulfide) groups is 1. The molecule has 5 aromatic rings. The first-order valence-electron chi connectivity index (χ1n) is 12.7. The third-order valence-electron chi connectivity index (χ3n) is 6.21. The summed E-state index contributed by atoms with van der Waals surface area (Å²) in [6, 6.07) is 28.8. The van der Waals surface area contributed by atoms with Gasteiger partial charge in [0.15, 0.2) is 11.0 Å². The number of hydrogen-bond donors (Lipinski definition) is 2. The molecule has 202 valence electrons. The second-order valence-corrected chi connectivity index (χ2v) is 10.2. The molecule has 40 heavy (non-hydrogen) atoms. The van der Waals surface area contributed by atoms with E-state index in [-0.39, 0.29) is 5.82 Å². The molecule has 6 nitrogen and oxygen atoms in total. The van der Waals surface area contributed by atoms with Crippen LogP contribution in [-0.2, 0) is 12.2 Å². The maximum atomic E-state index is 13.7. The lowest BCUT2D eigenvalue weighted by Crippen LogP contribution is -2.35. The van der Waals surface area contributed by atoms with Gasteiger partial charge in [-0.2, -0.15) is 0 Å². The van der Waals surface area contributed by atoms with Gasteiger partial charge in [-0.15, -0.1) is 10.2 Å². The van der Waals surface area contributed by atoms with E-state index in [0.29, 0.717) is 28.8 Å². The minimum atomic E-state index is -0.565. The number of carbonyl (C=O) groups excluding carboxylic acids is 1. The Balaban J connectivity index is 1.49. The number of nitrogens with zero attached hydrogens (tertiary/aromatic N) is 3. The molecule has 1 unspecified atom stereocenters. The fourth-order valence-electron chi connectivity index (χ4n) is 4.21. The Hall–Kier alpha value is -4.50. The third-order valence-corrected chi connectivity index (χ3v) is 7.21. The molecule has 2 N–H and O–H groups in total. The van der Waals surface area contributed by atoms with Crippen LogP contribution in [0.4, 0.5) is 19.3 Å². The zero-order chi connectivity index (χ0) is 27.9. The molecule has 0 fully saturated rings. The highest BCUT2D eigenvalue weighted by Crippen LogP contribution is 2.29. The van der Waals surface area contributed by atoms with Crippen molar-refractivity contribution >= 4 is 23.5 Å². The summed E-state index contributed by atoms with van der Waals surface area (Å²) in [6.07, 6.45) is 0.448. The Morgan fingerprint density at radius 2 is 1.60 bits per heavy atom. The lowest BCUT2D eigenvalue weighted by Gasteiger charge is -2.21. The van der Waals surface area contributed by atoms with Gasteiger partial charge >= 0.3 is 6.03 Å².